The van der Waals surface area contributed by atoms with Crippen LogP contribution in [0.4, 0.5) is 0 Å². The Kier molecular flexibility index (Phi) is 2.96. The van der Waals surface area contributed by atoms with Crippen LogP contribution in [0.5, 0.6) is 0 Å². The van der Waals surface area contributed by atoms with Gasteiger partial charge in [0, 0.05) is 0 Å². The van der Waals surface area contributed by atoms with Gasteiger partial charge in [-0.3, -0.25) is 0 Å². The molecule has 0 radical (unpaired) electrons. The third kappa shape index (κ3) is 2.14. The van der Waals surface area contributed by atoms with Crippen LogP contribution in [0.15, 0.2) is 11.6 Å². The van der Waals surface area contributed by atoms with Gasteiger partial charge in [0.25, 0.3) is 0 Å². The second-order valence-corrected chi connectivity index (χ2v) is 6.61. The van der Waals surface area contributed by atoms with E-state index in [9.17, 15) is 0 Å². The maximum atomic E-state index is 2.48. The Labute approximate surface area is 95.1 Å². The Bertz CT molecular complexity index is 259. The molecule has 0 unspecified atom stereocenters. The summed E-state index contributed by atoms with van der Waals surface area (Å²) < 4.78 is 0. The molecule has 86 valence electrons. The summed E-state index contributed by atoms with van der Waals surface area (Å²) in [6.45, 7) is 9.73. The molecule has 2 aliphatic carbocycles. The number of fused-ring (bicyclic) bond motifs is 1. The normalized spacial score (nSPS) is 40.3. The van der Waals surface area contributed by atoms with Gasteiger partial charge in [0.1, 0.15) is 0 Å². The first-order valence-electron chi connectivity index (χ1n) is 6.66. The summed E-state index contributed by atoms with van der Waals surface area (Å²) in [5.41, 5.74) is 2.26. The van der Waals surface area contributed by atoms with Crippen LogP contribution < -0.4 is 0 Å². The zero-order valence-corrected chi connectivity index (χ0v) is 10.8. The van der Waals surface area contributed by atoms with Crippen LogP contribution >= 0.6 is 0 Å². The highest BCUT2D eigenvalue weighted by atomic mass is 14.5. The van der Waals surface area contributed by atoms with Crippen molar-refractivity contribution in [3.05, 3.63) is 11.6 Å². The smallest absolute Gasteiger partial charge is 0.0320 e. The maximum Gasteiger partial charge on any atom is -0.0320 e. The average Bonchev–Trinajstić information content (AvgIpc) is 2.18. The van der Waals surface area contributed by atoms with E-state index in [-0.39, 0.29) is 0 Å². The fraction of sp³-hybridized carbons (Fsp3) is 0.867. The molecular weight excluding hydrogens is 180 g/mol. The third-order valence-electron chi connectivity index (χ3n) is 4.98. The Balaban J connectivity index is 2.08. The SMILES string of the molecule is CC1=CCC[C@H](C)[C@H]2CC(C)(C)[C@@H]2CC1. The van der Waals surface area contributed by atoms with Gasteiger partial charge >= 0.3 is 0 Å². The summed E-state index contributed by atoms with van der Waals surface area (Å²) in [5.74, 6) is 2.97. The molecular formula is C15H26. The van der Waals surface area contributed by atoms with Gasteiger partial charge in [-0.2, -0.15) is 0 Å². The summed E-state index contributed by atoms with van der Waals surface area (Å²) in [4.78, 5) is 0. The molecule has 0 bridgehead atoms. The third-order valence-corrected chi connectivity index (χ3v) is 4.98. The van der Waals surface area contributed by atoms with Gasteiger partial charge in [-0.25, -0.2) is 0 Å². The largest absolute Gasteiger partial charge is 0.0856 e. The molecule has 0 aliphatic heterocycles. The van der Waals surface area contributed by atoms with Crippen molar-refractivity contribution < 1.29 is 0 Å². The van der Waals surface area contributed by atoms with E-state index in [1.165, 1.54) is 32.1 Å². The molecule has 0 saturated heterocycles. The van der Waals surface area contributed by atoms with Gasteiger partial charge in [0.2, 0.25) is 0 Å². The van der Waals surface area contributed by atoms with E-state index in [0.29, 0.717) is 5.41 Å². The molecule has 0 aromatic rings. The monoisotopic (exact) mass is 206 g/mol. The molecule has 3 atom stereocenters. The first-order valence-corrected chi connectivity index (χ1v) is 6.66. The van der Waals surface area contributed by atoms with Crippen molar-refractivity contribution in [1.82, 2.24) is 0 Å². The molecule has 0 spiro atoms. The fourth-order valence-electron chi connectivity index (χ4n) is 3.81. The molecule has 2 rings (SSSR count). The second-order valence-electron chi connectivity index (χ2n) is 6.61. The van der Waals surface area contributed by atoms with Crippen molar-refractivity contribution >= 4 is 0 Å². The van der Waals surface area contributed by atoms with E-state index in [0.717, 1.165) is 17.8 Å². The van der Waals surface area contributed by atoms with Crippen LogP contribution in [0, 0.1) is 23.2 Å². The molecule has 0 aromatic heterocycles. The number of hydrogen-bond acceptors (Lipinski definition) is 0. The number of allylic oxidation sites excluding steroid dienone is 2. The molecule has 0 heterocycles. The van der Waals surface area contributed by atoms with Crippen LogP contribution in [0.1, 0.15) is 59.8 Å². The lowest BCUT2D eigenvalue weighted by atomic mass is 9.51. The van der Waals surface area contributed by atoms with Crippen LogP contribution in [-0.4, -0.2) is 0 Å². The minimum Gasteiger partial charge on any atom is -0.0856 e. The first kappa shape index (κ1) is 11.2. The molecule has 0 heteroatoms. The summed E-state index contributed by atoms with van der Waals surface area (Å²) in [5, 5.41) is 0. The molecule has 1 saturated carbocycles. The van der Waals surface area contributed by atoms with E-state index >= 15 is 0 Å². The van der Waals surface area contributed by atoms with E-state index in [4.69, 9.17) is 0 Å². The Morgan fingerprint density at radius 1 is 1.27 bits per heavy atom. The minimum atomic E-state index is 0.629. The van der Waals surface area contributed by atoms with E-state index < -0.39 is 0 Å². The quantitative estimate of drug-likeness (QED) is 0.499. The van der Waals surface area contributed by atoms with Crippen LogP contribution in [-0.2, 0) is 0 Å². The minimum absolute atomic E-state index is 0.629. The van der Waals surface area contributed by atoms with E-state index in [1.807, 2.05) is 0 Å². The number of hydrogen-bond donors (Lipinski definition) is 0. The van der Waals surface area contributed by atoms with Gasteiger partial charge in [-0.05, 0) is 62.2 Å². The van der Waals surface area contributed by atoms with Crippen molar-refractivity contribution in [2.45, 2.75) is 59.8 Å². The molecule has 1 fully saturated rings. The Hall–Kier alpha value is -0.260. The Morgan fingerprint density at radius 2 is 2.00 bits per heavy atom. The highest BCUT2D eigenvalue weighted by Crippen LogP contribution is 2.56. The number of rotatable bonds is 0. The van der Waals surface area contributed by atoms with Crippen molar-refractivity contribution in [2.75, 3.05) is 0 Å². The summed E-state index contributed by atoms with van der Waals surface area (Å²) in [7, 11) is 0. The molecule has 2 aliphatic rings. The van der Waals surface area contributed by atoms with E-state index in [2.05, 4.69) is 33.8 Å². The lowest BCUT2D eigenvalue weighted by Crippen LogP contribution is -2.46. The average molecular weight is 206 g/mol. The van der Waals surface area contributed by atoms with Crippen molar-refractivity contribution in [1.29, 1.82) is 0 Å². The van der Waals surface area contributed by atoms with Crippen LogP contribution in [0.2, 0.25) is 0 Å². The highest BCUT2D eigenvalue weighted by Gasteiger charge is 2.48. The van der Waals surface area contributed by atoms with E-state index in [1.54, 1.807) is 5.57 Å². The second kappa shape index (κ2) is 3.96. The molecule has 0 amide bonds. The van der Waals surface area contributed by atoms with Gasteiger partial charge in [-0.15, -0.1) is 0 Å². The summed E-state index contributed by atoms with van der Waals surface area (Å²) in [6, 6.07) is 0. The predicted octanol–water partition coefficient (Wildman–Crippen LogP) is 4.81. The molecule has 0 aromatic carbocycles. The Morgan fingerprint density at radius 3 is 2.67 bits per heavy atom. The zero-order chi connectivity index (χ0) is 11.1. The van der Waals surface area contributed by atoms with Gasteiger partial charge in [0.05, 0.1) is 0 Å². The summed E-state index contributed by atoms with van der Waals surface area (Å²) in [6.07, 6.45) is 9.46. The van der Waals surface area contributed by atoms with Crippen molar-refractivity contribution in [2.24, 2.45) is 23.2 Å². The first-order chi connectivity index (χ1) is 7.00. The van der Waals surface area contributed by atoms with Gasteiger partial charge in [-0.1, -0.05) is 32.4 Å². The van der Waals surface area contributed by atoms with Crippen molar-refractivity contribution in [3.63, 3.8) is 0 Å². The predicted molar refractivity (Wildman–Crippen MR) is 66.8 cm³/mol. The lowest BCUT2D eigenvalue weighted by molar-refractivity contribution is -0.0483. The highest BCUT2D eigenvalue weighted by molar-refractivity contribution is 5.05. The zero-order valence-electron chi connectivity index (χ0n) is 10.8. The lowest BCUT2D eigenvalue weighted by Gasteiger charge is -2.54. The van der Waals surface area contributed by atoms with Crippen LogP contribution in [0.25, 0.3) is 0 Å². The molecule has 0 nitrogen and oxygen atoms in total. The standard InChI is InChI=1S/C15H26/c1-11-6-5-7-12(2)13-10-15(3,4)14(13)9-8-11/h6,12-14H,5,7-10H2,1-4H3/t12-,13+,14+/m0/s1. The molecule has 15 heavy (non-hydrogen) atoms. The van der Waals surface area contributed by atoms with Gasteiger partial charge in [0.15, 0.2) is 0 Å². The summed E-state index contributed by atoms with van der Waals surface area (Å²) >= 11 is 0. The maximum absolute atomic E-state index is 2.48. The fourth-order valence-corrected chi connectivity index (χ4v) is 3.81. The van der Waals surface area contributed by atoms with Gasteiger partial charge < -0.3 is 0 Å². The van der Waals surface area contributed by atoms with Crippen LogP contribution in [0.3, 0.4) is 0 Å². The molecule has 0 N–H and O–H groups in total. The topological polar surface area (TPSA) is 0 Å². The van der Waals surface area contributed by atoms with Crippen molar-refractivity contribution in [3.8, 4) is 0 Å².